The largest absolute Gasteiger partial charge is 0.299 e. The highest BCUT2D eigenvalue weighted by Gasteiger charge is 2.51. The van der Waals surface area contributed by atoms with Crippen molar-refractivity contribution in [3.8, 4) is 0 Å². The SMILES string of the molecule is c1ccc2c(c1)C1CC3C(c4ccccc41)C2CN3CC1CCCCC1. The third-order valence-electron chi connectivity index (χ3n) is 7.94. The standard InChI is InChI=1S/C25H29N/c1-2-8-17(9-3-1)15-26-16-23-19-11-5-4-10-18(19)22-14-24(26)25(23)21-13-7-6-12-20(21)22/h4-7,10-13,17,22-25H,1-3,8-9,14-16H2. The van der Waals surface area contributed by atoms with E-state index in [1.54, 1.807) is 22.3 Å². The molecule has 4 aliphatic rings. The molecule has 26 heavy (non-hydrogen) atoms. The van der Waals surface area contributed by atoms with Gasteiger partial charge in [0.05, 0.1) is 0 Å². The van der Waals surface area contributed by atoms with Crippen molar-refractivity contribution in [2.45, 2.75) is 62.3 Å². The summed E-state index contributed by atoms with van der Waals surface area (Å²) in [5, 5.41) is 0. The van der Waals surface area contributed by atoms with E-state index in [1.165, 1.54) is 51.6 Å². The Hall–Kier alpha value is -1.60. The van der Waals surface area contributed by atoms with Crippen LogP contribution in [-0.2, 0) is 0 Å². The van der Waals surface area contributed by atoms with E-state index in [0.29, 0.717) is 11.8 Å². The molecule has 0 spiro atoms. The van der Waals surface area contributed by atoms with E-state index in [0.717, 1.165) is 17.9 Å². The van der Waals surface area contributed by atoms with Crippen LogP contribution in [0.15, 0.2) is 48.5 Å². The van der Waals surface area contributed by atoms with Crippen LogP contribution in [0.1, 0.15) is 78.5 Å². The summed E-state index contributed by atoms with van der Waals surface area (Å²) in [6, 6.07) is 19.5. The van der Waals surface area contributed by atoms with Crippen LogP contribution < -0.4 is 0 Å². The van der Waals surface area contributed by atoms with Crippen molar-refractivity contribution < 1.29 is 0 Å². The topological polar surface area (TPSA) is 3.24 Å². The van der Waals surface area contributed by atoms with Crippen molar-refractivity contribution in [2.24, 2.45) is 5.92 Å². The van der Waals surface area contributed by atoms with Gasteiger partial charge in [-0.2, -0.15) is 0 Å². The number of fused-ring (bicyclic) bond motifs is 3. The van der Waals surface area contributed by atoms with Crippen molar-refractivity contribution in [1.29, 1.82) is 0 Å². The molecule has 1 aliphatic heterocycles. The molecule has 1 nitrogen and oxygen atoms in total. The van der Waals surface area contributed by atoms with Crippen LogP contribution in [-0.4, -0.2) is 24.0 Å². The Balaban J connectivity index is 1.43. The summed E-state index contributed by atoms with van der Waals surface area (Å²) in [4.78, 5) is 2.92. The van der Waals surface area contributed by atoms with Gasteiger partial charge in [-0.1, -0.05) is 67.8 Å². The molecule has 4 unspecified atom stereocenters. The predicted molar refractivity (Wildman–Crippen MR) is 107 cm³/mol. The summed E-state index contributed by atoms with van der Waals surface area (Å²) < 4.78 is 0. The smallest absolute Gasteiger partial charge is 0.0180 e. The van der Waals surface area contributed by atoms with E-state index in [9.17, 15) is 0 Å². The van der Waals surface area contributed by atoms with Crippen LogP contribution >= 0.6 is 0 Å². The fourth-order valence-electron chi connectivity index (χ4n) is 6.88. The van der Waals surface area contributed by atoms with Crippen LogP contribution in [0.25, 0.3) is 0 Å². The van der Waals surface area contributed by atoms with Crippen LogP contribution in [0, 0.1) is 5.92 Å². The second kappa shape index (κ2) is 5.96. The molecule has 2 aromatic carbocycles. The minimum absolute atomic E-state index is 0.614. The van der Waals surface area contributed by atoms with Crippen LogP contribution in [0.2, 0.25) is 0 Å². The first-order valence-corrected chi connectivity index (χ1v) is 10.8. The first-order chi connectivity index (χ1) is 12.9. The first-order valence-electron chi connectivity index (χ1n) is 10.8. The van der Waals surface area contributed by atoms with E-state index >= 15 is 0 Å². The van der Waals surface area contributed by atoms with Gasteiger partial charge in [-0.15, -0.1) is 0 Å². The molecule has 1 heterocycles. The molecule has 1 heteroatoms. The minimum atomic E-state index is 0.614. The molecule has 1 saturated carbocycles. The van der Waals surface area contributed by atoms with Crippen molar-refractivity contribution in [3.63, 3.8) is 0 Å². The van der Waals surface area contributed by atoms with E-state index in [2.05, 4.69) is 53.4 Å². The number of hydrogen-bond donors (Lipinski definition) is 0. The number of nitrogens with zero attached hydrogens (tertiary/aromatic N) is 1. The van der Waals surface area contributed by atoms with Crippen LogP contribution in [0.4, 0.5) is 0 Å². The average molecular weight is 344 g/mol. The molecule has 0 radical (unpaired) electrons. The van der Waals surface area contributed by atoms with Gasteiger partial charge in [-0.05, 0) is 47.4 Å². The zero-order chi connectivity index (χ0) is 17.1. The molecule has 2 bridgehead atoms. The third-order valence-corrected chi connectivity index (χ3v) is 7.94. The maximum Gasteiger partial charge on any atom is 0.0180 e. The van der Waals surface area contributed by atoms with Crippen molar-refractivity contribution in [1.82, 2.24) is 4.90 Å². The maximum atomic E-state index is 2.92. The molecule has 0 N–H and O–H groups in total. The van der Waals surface area contributed by atoms with Gasteiger partial charge in [0.25, 0.3) is 0 Å². The number of hydrogen-bond acceptors (Lipinski definition) is 1. The zero-order valence-corrected chi connectivity index (χ0v) is 15.6. The van der Waals surface area contributed by atoms with Crippen molar-refractivity contribution >= 4 is 0 Å². The molecule has 2 aromatic rings. The number of benzene rings is 2. The number of rotatable bonds is 2. The summed E-state index contributed by atoms with van der Waals surface area (Å²) in [7, 11) is 0. The normalized spacial score (nSPS) is 32.9. The second-order valence-corrected chi connectivity index (χ2v) is 9.20. The lowest BCUT2D eigenvalue weighted by Gasteiger charge is -2.38. The van der Waals surface area contributed by atoms with E-state index in [-0.39, 0.29) is 0 Å². The Morgan fingerprint density at radius 1 is 0.769 bits per heavy atom. The van der Waals surface area contributed by atoms with Gasteiger partial charge in [0, 0.05) is 36.9 Å². The van der Waals surface area contributed by atoms with Crippen LogP contribution in [0.5, 0.6) is 0 Å². The van der Waals surface area contributed by atoms with Gasteiger partial charge in [0.15, 0.2) is 0 Å². The highest BCUT2D eigenvalue weighted by Crippen LogP contribution is 2.58. The van der Waals surface area contributed by atoms with Gasteiger partial charge in [0.2, 0.25) is 0 Å². The Labute approximate surface area is 157 Å². The molecule has 6 rings (SSSR count). The van der Waals surface area contributed by atoms with Gasteiger partial charge < -0.3 is 0 Å². The fourth-order valence-corrected chi connectivity index (χ4v) is 6.88. The molecule has 0 amide bonds. The lowest BCUT2D eigenvalue weighted by molar-refractivity contribution is 0.167. The second-order valence-electron chi connectivity index (χ2n) is 9.20. The predicted octanol–water partition coefficient (Wildman–Crippen LogP) is 5.67. The first kappa shape index (κ1) is 15.5. The average Bonchev–Trinajstić information content (AvgIpc) is 2.94. The van der Waals surface area contributed by atoms with E-state index < -0.39 is 0 Å². The van der Waals surface area contributed by atoms with Gasteiger partial charge in [0.1, 0.15) is 0 Å². The summed E-state index contributed by atoms with van der Waals surface area (Å²) in [5.74, 6) is 2.99. The fraction of sp³-hybridized carbons (Fsp3) is 0.520. The maximum absolute atomic E-state index is 2.92. The molecule has 3 aliphatic carbocycles. The molecule has 0 aromatic heterocycles. The highest BCUT2D eigenvalue weighted by atomic mass is 15.2. The van der Waals surface area contributed by atoms with Gasteiger partial charge >= 0.3 is 0 Å². The molecule has 2 fully saturated rings. The Kier molecular flexibility index (Phi) is 3.54. The Bertz CT molecular complexity index is 812. The lowest BCUT2D eigenvalue weighted by Crippen LogP contribution is -2.39. The molecular formula is C25H29N. The zero-order valence-electron chi connectivity index (χ0n) is 15.6. The summed E-state index contributed by atoms with van der Waals surface area (Å²) in [6.07, 6.45) is 8.66. The summed E-state index contributed by atoms with van der Waals surface area (Å²) >= 11 is 0. The molecule has 1 saturated heterocycles. The molecule has 134 valence electrons. The van der Waals surface area contributed by atoms with Gasteiger partial charge in [-0.3, -0.25) is 4.90 Å². The molecular weight excluding hydrogens is 314 g/mol. The quantitative estimate of drug-likeness (QED) is 0.679. The minimum Gasteiger partial charge on any atom is -0.299 e. The van der Waals surface area contributed by atoms with Crippen molar-refractivity contribution in [2.75, 3.05) is 13.1 Å². The Morgan fingerprint density at radius 3 is 2.19 bits per heavy atom. The third kappa shape index (κ3) is 2.19. The lowest BCUT2D eigenvalue weighted by atomic mass is 9.73. The summed E-state index contributed by atoms with van der Waals surface area (Å²) in [6.45, 7) is 2.64. The van der Waals surface area contributed by atoms with Crippen LogP contribution in [0.3, 0.4) is 0 Å². The summed E-state index contributed by atoms with van der Waals surface area (Å²) in [5.41, 5.74) is 6.59. The van der Waals surface area contributed by atoms with Gasteiger partial charge in [-0.25, -0.2) is 0 Å². The monoisotopic (exact) mass is 343 g/mol. The highest BCUT2D eigenvalue weighted by molar-refractivity contribution is 5.53. The Morgan fingerprint density at radius 2 is 1.42 bits per heavy atom. The number of likely N-dealkylation sites (tertiary alicyclic amines) is 1. The van der Waals surface area contributed by atoms with E-state index in [1.807, 2.05) is 0 Å². The van der Waals surface area contributed by atoms with Crippen molar-refractivity contribution in [3.05, 3.63) is 70.8 Å². The molecule has 4 atom stereocenters. The van der Waals surface area contributed by atoms with E-state index in [4.69, 9.17) is 0 Å².